The Morgan fingerprint density at radius 2 is 2.12 bits per heavy atom. The van der Waals surface area contributed by atoms with Crippen molar-refractivity contribution in [3.63, 3.8) is 0 Å². The minimum Gasteiger partial charge on any atom is -0.356 e. The van der Waals surface area contributed by atoms with E-state index in [1.807, 2.05) is 0 Å². The lowest BCUT2D eigenvalue weighted by Gasteiger charge is -2.13. The number of rotatable bonds is 7. The number of amides is 1. The van der Waals surface area contributed by atoms with Crippen LogP contribution in [0.4, 0.5) is 0 Å². The van der Waals surface area contributed by atoms with E-state index in [-0.39, 0.29) is 5.91 Å². The van der Waals surface area contributed by atoms with Gasteiger partial charge in [-0.05, 0) is 31.1 Å². The molecule has 1 fully saturated rings. The Labute approximate surface area is 106 Å². The summed E-state index contributed by atoms with van der Waals surface area (Å²) in [6.45, 7) is 8.11. The van der Waals surface area contributed by atoms with E-state index in [0.29, 0.717) is 18.4 Å². The molecule has 0 aromatic rings. The lowest BCUT2D eigenvalue weighted by molar-refractivity contribution is -0.121. The molecule has 0 heterocycles. The van der Waals surface area contributed by atoms with Crippen LogP contribution in [0.1, 0.15) is 52.9 Å². The third-order valence-electron chi connectivity index (χ3n) is 3.61. The summed E-state index contributed by atoms with van der Waals surface area (Å²) in [5.41, 5.74) is 0. The van der Waals surface area contributed by atoms with E-state index < -0.39 is 0 Å². The molecule has 17 heavy (non-hydrogen) atoms. The van der Waals surface area contributed by atoms with Crippen LogP contribution in [0.3, 0.4) is 0 Å². The number of carbonyl (C=O) groups is 1. The van der Waals surface area contributed by atoms with E-state index in [1.54, 1.807) is 0 Å². The van der Waals surface area contributed by atoms with Gasteiger partial charge in [-0.25, -0.2) is 0 Å². The molecule has 1 aliphatic rings. The molecular formula is C14H28N2O. The van der Waals surface area contributed by atoms with Crippen molar-refractivity contribution in [1.82, 2.24) is 10.6 Å². The Kier molecular flexibility index (Phi) is 6.56. The maximum atomic E-state index is 11.5. The van der Waals surface area contributed by atoms with Crippen molar-refractivity contribution < 1.29 is 4.79 Å². The summed E-state index contributed by atoms with van der Waals surface area (Å²) in [6, 6.07) is 0.651. The highest BCUT2D eigenvalue weighted by atomic mass is 16.1. The topological polar surface area (TPSA) is 41.1 Å². The number of hydrogen-bond donors (Lipinski definition) is 2. The molecule has 1 saturated carbocycles. The normalized spacial score (nSPS) is 24.2. The Hall–Kier alpha value is -0.570. The van der Waals surface area contributed by atoms with Crippen molar-refractivity contribution >= 4 is 5.91 Å². The summed E-state index contributed by atoms with van der Waals surface area (Å²) >= 11 is 0. The molecule has 2 atom stereocenters. The van der Waals surface area contributed by atoms with Crippen molar-refractivity contribution in [2.24, 2.45) is 11.8 Å². The first-order valence-corrected chi connectivity index (χ1v) is 7.11. The first kappa shape index (κ1) is 14.5. The van der Waals surface area contributed by atoms with E-state index in [1.165, 1.54) is 25.7 Å². The second-order valence-corrected chi connectivity index (χ2v) is 5.69. The van der Waals surface area contributed by atoms with E-state index in [9.17, 15) is 4.79 Å². The van der Waals surface area contributed by atoms with Crippen LogP contribution < -0.4 is 10.6 Å². The summed E-state index contributed by atoms with van der Waals surface area (Å²) in [4.78, 5) is 11.5. The van der Waals surface area contributed by atoms with Gasteiger partial charge in [0.15, 0.2) is 0 Å². The SMILES string of the molecule is CCC1CCC(NCCC(=O)NCC(C)C)C1. The van der Waals surface area contributed by atoms with Gasteiger partial charge in [-0.1, -0.05) is 27.2 Å². The average molecular weight is 240 g/mol. The maximum absolute atomic E-state index is 11.5. The van der Waals surface area contributed by atoms with Crippen molar-refractivity contribution in [2.75, 3.05) is 13.1 Å². The average Bonchev–Trinajstić information content (AvgIpc) is 2.74. The third-order valence-corrected chi connectivity index (χ3v) is 3.61. The Morgan fingerprint density at radius 3 is 2.71 bits per heavy atom. The van der Waals surface area contributed by atoms with Gasteiger partial charge in [0.25, 0.3) is 0 Å². The van der Waals surface area contributed by atoms with Gasteiger partial charge in [-0.15, -0.1) is 0 Å². The van der Waals surface area contributed by atoms with Crippen molar-refractivity contribution in [3.8, 4) is 0 Å². The van der Waals surface area contributed by atoms with E-state index in [0.717, 1.165) is 19.0 Å². The monoisotopic (exact) mass is 240 g/mol. The molecule has 2 unspecified atom stereocenters. The fraction of sp³-hybridized carbons (Fsp3) is 0.929. The lowest BCUT2D eigenvalue weighted by atomic mass is 10.1. The summed E-state index contributed by atoms with van der Waals surface area (Å²) < 4.78 is 0. The molecule has 0 spiro atoms. The Balaban J connectivity index is 2.02. The minimum atomic E-state index is 0.177. The number of hydrogen-bond acceptors (Lipinski definition) is 2. The first-order valence-electron chi connectivity index (χ1n) is 7.11. The Morgan fingerprint density at radius 1 is 1.35 bits per heavy atom. The van der Waals surface area contributed by atoms with Crippen LogP contribution >= 0.6 is 0 Å². The Bertz CT molecular complexity index is 228. The number of nitrogens with one attached hydrogen (secondary N) is 2. The smallest absolute Gasteiger partial charge is 0.221 e. The highest BCUT2D eigenvalue weighted by Crippen LogP contribution is 2.27. The van der Waals surface area contributed by atoms with Crippen molar-refractivity contribution in [2.45, 2.75) is 58.9 Å². The number of carbonyl (C=O) groups excluding carboxylic acids is 1. The molecule has 3 nitrogen and oxygen atoms in total. The molecule has 0 aromatic carbocycles. The van der Waals surface area contributed by atoms with Crippen LogP contribution in [0.2, 0.25) is 0 Å². The summed E-state index contributed by atoms with van der Waals surface area (Å²) in [5.74, 6) is 1.62. The second-order valence-electron chi connectivity index (χ2n) is 5.69. The van der Waals surface area contributed by atoms with Crippen LogP contribution in [0, 0.1) is 11.8 Å². The quantitative estimate of drug-likeness (QED) is 0.717. The molecule has 100 valence electrons. The fourth-order valence-corrected chi connectivity index (χ4v) is 2.43. The maximum Gasteiger partial charge on any atom is 0.221 e. The predicted molar refractivity (Wildman–Crippen MR) is 71.9 cm³/mol. The zero-order chi connectivity index (χ0) is 12.7. The van der Waals surface area contributed by atoms with Crippen molar-refractivity contribution in [3.05, 3.63) is 0 Å². The molecule has 2 N–H and O–H groups in total. The second kappa shape index (κ2) is 7.70. The van der Waals surface area contributed by atoms with Crippen LogP contribution in [0.25, 0.3) is 0 Å². The van der Waals surface area contributed by atoms with Gasteiger partial charge >= 0.3 is 0 Å². The summed E-state index contributed by atoms with van der Waals surface area (Å²) in [7, 11) is 0. The highest BCUT2D eigenvalue weighted by Gasteiger charge is 2.22. The molecule has 0 saturated heterocycles. The molecule has 1 rings (SSSR count). The van der Waals surface area contributed by atoms with E-state index in [4.69, 9.17) is 0 Å². The van der Waals surface area contributed by atoms with Crippen LogP contribution in [-0.2, 0) is 4.79 Å². The largest absolute Gasteiger partial charge is 0.356 e. The molecule has 0 aromatic heterocycles. The summed E-state index contributed by atoms with van der Waals surface area (Å²) in [6.07, 6.45) is 5.84. The van der Waals surface area contributed by atoms with Crippen LogP contribution in [0.15, 0.2) is 0 Å². The van der Waals surface area contributed by atoms with Gasteiger partial charge in [-0.3, -0.25) is 4.79 Å². The third kappa shape index (κ3) is 6.06. The summed E-state index contributed by atoms with van der Waals surface area (Å²) in [5, 5.41) is 6.45. The van der Waals surface area contributed by atoms with Gasteiger partial charge in [0, 0.05) is 25.6 Å². The standard InChI is InChI=1S/C14H28N2O/c1-4-12-5-6-13(9-12)15-8-7-14(17)16-10-11(2)3/h11-13,15H,4-10H2,1-3H3,(H,16,17). The predicted octanol–water partition coefficient (Wildman–Crippen LogP) is 2.32. The lowest BCUT2D eigenvalue weighted by Crippen LogP contribution is -2.33. The van der Waals surface area contributed by atoms with Gasteiger partial charge in [0.2, 0.25) is 5.91 Å². The zero-order valence-electron chi connectivity index (χ0n) is 11.6. The van der Waals surface area contributed by atoms with E-state index in [2.05, 4.69) is 31.4 Å². The van der Waals surface area contributed by atoms with Gasteiger partial charge < -0.3 is 10.6 Å². The molecule has 0 radical (unpaired) electrons. The molecule has 1 amide bonds. The van der Waals surface area contributed by atoms with Crippen molar-refractivity contribution in [1.29, 1.82) is 0 Å². The zero-order valence-corrected chi connectivity index (χ0v) is 11.6. The highest BCUT2D eigenvalue weighted by molar-refractivity contribution is 5.76. The molecule has 3 heteroatoms. The molecule has 0 bridgehead atoms. The van der Waals surface area contributed by atoms with Gasteiger partial charge in [0.1, 0.15) is 0 Å². The molecule has 1 aliphatic carbocycles. The van der Waals surface area contributed by atoms with E-state index >= 15 is 0 Å². The van der Waals surface area contributed by atoms with Gasteiger partial charge in [0.05, 0.1) is 0 Å². The van der Waals surface area contributed by atoms with Gasteiger partial charge in [-0.2, -0.15) is 0 Å². The molecular weight excluding hydrogens is 212 g/mol. The van der Waals surface area contributed by atoms with Crippen LogP contribution in [0.5, 0.6) is 0 Å². The first-order chi connectivity index (χ1) is 8.11. The molecule has 0 aliphatic heterocycles. The fourth-order valence-electron chi connectivity index (χ4n) is 2.43. The van der Waals surface area contributed by atoms with Crippen LogP contribution in [-0.4, -0.2) is 25.0 Å². The minimum absolute atomic E-state index is 0.177.